The minimum atomic E-state index is -0.124. The van der Waals surface area contributed by atoms with Gasteiger partial charge in [-0.05, 0) is 65.6 Å². The van der Waals surface area contributed by atoms with Gasteiger partial charge < -0.3 is 23.9 Å². The lowest BCUT2D eigenvalue weighted by atomic mass is 10.0. The zero-order chi connectivity index (χ0) is 25.4. The van der Waals surface area contributed by atoms with Gasteiger partial charge in [0.05, 0.1) is 14.2 Å². The molecule has 0 aliphatic heterocycles. The van der Waals surface area contributed by atoms with E-state index in [1.807, 2.05) is 73.7 Å². The van der Waals surface area contributed by atoms with Crippen molar-refractivity contribution in [3.05, 3.63) is 83.4 Å². The number of carbonyl (C=O) groups excluding carboxylic acids is 2. The Kier molecular flexibility index (Phi) is 8.68. The topological polar surface area (TPSA) is 65.1 Å². The van der Waals surface area contributed by atoms with Crippen LogP contribution in [-0.2, 0) is 16.0 Å². The van der Waals surface area contributed by atoms with Gasteiger partial charge in [0.15, 0.2) is 0 Å². The van der Waals surface area contributed by atoms with Crippen molar-refractivity contribution in [2.75, 3.05) is 28.3 Å². The lowest BCUT2D eigenvalue weighted by Crippen LogP contribution is -2.22. The molecule has 0 heterocycles. The van der Waals surface area contributed by atoms with E-state index >= 15 is 0 Å². The lowest BCUT2D eigenvalue weighted by Gasteiger charge is -2.15. The van der Waals surface area contributed by atoms with Crippen molar-refractivity contribution in [3.63, 3.8) is 0 Å². The molecule has 0 fully saturated rings. The monoisotopic (exact) mass is 473 g/mol. The minimum absolute atomic E-state index is 0.0144. The van der Waals surface area contributed by atoms with Gasteiger partial charge in [-0.25, -0.2) is 0 Å². The van der Waals surface area contributed by atoms with Crippen LogP contribution < -0.4 is 14.2 Å². The fraction of sp³-hybridized carbons (Fsp3) is 0.241. The van der Waals surface area contributed by atoms with Gasteiger partial charge in [-0.15, -0.1) is 0 Å². The number of carbonyl (C=O) groups is 2. The molecular weight excluding hydrogens is 442 g/mol. The number of hydrogen-bond donors (Lipinski definition) is 0. The third-order valence-electron chi connectivity index (χ3n) is 5.44. The average molecular weight is 474 g/mol. The van der Waals surface area contributed by atoms with E-state index in [4.69, 9.17) is 14.2 Å². The highest BCUT2D eigenvalue weighted by Gasteiger charge is 2.15. The number of nitrogens with zero attached hydrogens (tertiary/aromatic N) is 1. The Labute approximate surface area is 206 Å². The molecule has 6 nitrogen and oxygen atoms in total. The number of ether oxygens (including phenoxy) is 3. The molecular formula is C29H31NO5. The Balaban J connectivity index is 1.85. The molecule has 1 amide bonds. The molecule has 1 atom stereocenters. The normalized spacial score (nSPS) is 12.0. The molecule has 0 saturated heterocycles. The van der Waals surface area contributed by atoms with Crippen molar-refractivity contribution in [1.82, 2.24) is 4.90 Å². The molecule has 1 unspecified atom stereocenters. The molecule has 3 aromatic carbocycles. The van der Waals surface area contributed by atoms with Crippen molar-refractivity contribution in [1.29, 1.82) is 0 Å². The first kappa shape index (κ1) is 25.6. The first-order valence-corrected chi connectivity index (χ1v) is 11.3. The van der Waals surface area contributed by atoms with Gasteiger partial charge >= 0.3 is 0 Å². The number of aldehydes is 1. The predicted octanol–water partition coefficient (Wildman–Crippen LogP) is 5.50. The van der Waals surface area contributed by atoms with Crippen LogP contribution in [0.25, 0.3) is 11.6 Å². The van der Waals surface area contributed by atoms with Crippen molar-refractivity contribution in [2.45, 2.75) is 13.3 Å². The molecule has 0 bridgehead atoms. The second kappa shape index (κ2) is 11.9. The molecule has 3 rings (SSSR count). The molecule has 0 spiro atoms. The van der Waals surface area contributed by atoms with Gasteiger partial charge in [-0.1, -0.05) is 31.2 Å². The summed E-state index contributed by atoms with van der Waals surface area (Å²) in [6.45, 7) is 1.90. The Morgan fingerprint density at radius 2 is 1.40 bits per heavy atom. The summed E-state index contributed by atoms with van der Waals surface area (Å²) in [7, 11) is 6.62. The molecule has 0 radical (unpaired) electrons. The summed E-state index contributed by atoms with van der Waals surface area (Å²) >= 11 is 0. The fourth-order valence-corrected chi connectivity index (χ4v) is 3.54. The van der Waals surface area contributed by atoms with Gasteiger partial charge in [0, 0.05) is 31.7 Å². The van der Waals surface area contributed by atoms with E-state index in [0.717, 1.165) is 23.0 Å². The molecule has 35 heavy (non-hydrogen) atoms. The van der Waals surface area contributed by atoms with Crippen LogP contribution in [0.4, 0.5) is 0 Å². The summed E-state index contributed by atoms with van der Waals surface area (Å²) in [6, 6.07) is 20.6. The number of methoxy groups -OCH3 is 2. The maximum atomic E-state index is 13.0. The van der Waals surface area contributed by atoms with Crippen LogP contribution in [0, 0.1) is 5.92 Å². The van der Waals surface area contributed by atoms with Crippen LogP contribution in [-0.4, -0.2) is 45.4 Å². The van der Waals surface area contributed by atoms with Crippen molar-refractivity contribution in [3.8, 4) is 23.0 Å². The SMILES string of the molecule is COc1cc(/C=C(/C(=O)N(C)C)c2ccc(Oc3ccc(CC(C)C=O)cc3)cc2)cc(OC)c1. The van der Waals surface area contributed by atoms with Gasteiger partial charge in [0.2, 0.25) is 0 Å². The highest BCUT2D eigenvalue weighted by atomic mass is 16.5. The van der Waals surface area contributed by atoms with Gasteiger partial charge in [-0.3, -0.25) is 4.79 Å². The average Bonchev–Trinajstić information content (AvgIpc) is 2.88. The summed E-state index contributed by atoms with van der Waals surface area (Å²) in [5.74, 6) is 2.50. The maximum absolute atomic E-state index is 13.0. The van der Waals surface area contributed by atoms with Crippen molar-refractivity contribution in [2.24, 2.45) is 5.92 Å². The minimum Gasteiger partial charge on any atom is -0.497 e. The Morgan fingerprint density at radius 3 is 1.89 bits per heavy atom. The highest BCUT2D eigenvalue weighted by Crippen LogP contribution is 2.29. The van der Waals surface area contributed by atoms with E-state index in [2.05, 4.69) is 0 Å². The summed E-state index contributed by atoms with van der Waals surface area (Å²) in [5, 5.41) is 0. The molecule has 3 aromatic rings. The molecule has 0 aromatic heterocycles. The Bertz CT molecular complexity index is 1160. The van der Waals surface area contributed by atoms with E-state index in [1.54, 1.807) is 39.3 Å². The third-order valence-corrected chi connectivity index (χ3v) is 5.44. The molecule has 182 valence electrons. The van der Waals surface area contributed by atoms with Crippen LogP contribution in [0.3, 0.4) is 0 Å². The number of rotatable bonds is 10. The lowest BCUT2D eigenvalue weighted by molar-refractivity contribution is -0.122. The van der Waals surface area contributed by atoms with E-state index in [1.165, 1.54) is 0 Å². The van der Waals surface area contributed by atoms with E-state index in [-0.39, 0.29) is 11.8 Å². The molecule has 0 aliphatic rings. The number of benzene rings is 3. The summed E-state index contributed by atoms with van der Waals surface area (Å²) in [5.41, 5.74) is 3.16. The molecule has 0 aliphatic carbocycles. The smallest absolute Gasteiger partial charge is 0.253 e. The van der Waals surface area contributed by atoms with Crippen LogP contribution in [0.2, 0.25) is 0 Å². The van der Waals surface area contributed by atoms with E-state index in [0.29, 0.717) is 35.0 Å². The number of likely N-dealkylation sites (N-methyl/N-ethyl adjacent to an activating group) is 1. The second-order valence-electron chi connectivity index (χ2n) is 8.49. The fourth-order valence-electron chi connectivity index (χ4n) is 3.54. The highest BCUT2D eigenvalue weighted by molar-refractivity contribution is 6.24. The van der Waals surface area contributed by atoms with Crippen LogP contribution in [0.15, 0.2) is 66.7 Å². The predicted molar refractivity (Wildman–Crippen MR) is 138 cm³/mol. The van der Waals surface area contributed by atoms with E-state index < -0.39 is 0 Å². The largest absolute Gasteiger partial charge is 0.497 e. The van der Waals surface area contributed by atoms with Crippen LogP contribution in [0.1, 0.15) is 23.6 Å². The Hall–Kier alpha value is -4.06. The van der Waals surface area contributed by atoms with Gasteiger partial charge in [0.25, 0.3) is 5.91 Å². The summed E-state index contributed by atoms with van der Waals surface area (Å²) in [6.07, 6.45) is 3.48. The number of amides is 1. The first-order chi connectivity index (χ1) is 16.8. The zero-order valence-corrected chi connectivity index (χ0v) is 20.8. The standard InChI is InChI=1S/C29H31NO5/c1-20(19-31)14-21-6-10-24(11-7-21)35-25-12-8-23(9-13-25)28(29(32)30(2)3)17-22-15-26(33-4)18-27(16-22)34-5/h6-13,15-20H,14H2,1-5H3/b28-17+. The maximum Gasteiger partial charge on any atom is 0.253 e. The molecule has 0 saturated carbocycles. The third kappa shape index (κ3) is 6.96. The Morgan fingerprint density at radius 1 is 0.857 bits per heavy atom. The van der Waals surface area contributed by atoms with Gasteiger partial charge in [-0.2, -0.15) is 0 Å². The quantitative estimate of drug-likeness (QED) is 0.221. The number of hydrogen-bond acceptors (Lipinski definition) is 5. The van der Waals surface area contributed by atoms with Crippen molar-refractivity contribution >= 4 is 23.8 Å². The summed E-state index contributed by atoms with van der Waals surface area (Å²) < 4.78 is 16.7. The van der Waals surface area contributed by atoms with E-state index in [9.17, 15) is 9.59 Å². The first-order valence-electron chi connectivity index (χ1n) is 11.3. The zero-order valence-electron chi connectivity index (χ0n) is 20.8. The van der Waals surface area contributed by atoms with Crippen LogP contribution in [0.5, 0.6) is 23.0 Å². The van der Waals surface area contributed by atoms with Crippen molar-refractivity contribution < 1.29 is 23.8 Å². The summed E-state index contributed by atoms with van der Waals surface area (Å²) in [4.78, 5) is 25.4. The van der Waals surface area contributed by atoms with Crippen LogP contribution >= 0.6 is 0 Å². The second-order valence-corrected chi connectivity index (χ2v) is 8.49. The molecule has 0 N–H and O–H groups in total. The van der Waals surface area contributed by atoms with Gasteiger partial charge in [0.1, 0.15) is 29.3 Å². The molecule has 6 heteroatoms.